The zero-order valence-electron chi connectivity index (χ0n) is 9.09. The van der Waals surface area contributed by atoms with Crippen molar-refractivity contribution < 1.29 is 19.2 Å². The summed E-state index contributed by atoms with van der Waals surface area (Å²) in [6.45, 7) is 0. The van der Waals surface area contributed by atoms with Crippen LogP contribution in [0.15, 0.2) is 12.1 Å². The number of hydrogen-bond donors (Lipinski definition) is 0. The second-order valence-corrected chi connectivity index (χ2v) is 2.90. The van der Waals surface area contributed by atoms with Gasteiger partial charge in [0.2, 0.25) is 0 Å². The zero-order chi connectivity index (χ0) is 13.0. The number of ether oxygens (including phenoxy) is 2. The van der Waals surface area contributed by atoms with Gasteiger partial charge in [0.25, 0.3) is 0 Å². The molecule has 0 aliphatic heterocycles. The molecule has 0 aliphatic carbocycles. The van der Waals surface area contributed by atoms with E-state index in [-0.39, 0.29) is 11.3 Å². The predicted molar refractivity (Wildman–Crippen MR) is 55.7 cm³/mol. The number of nitro benzene ring substituents is 1. The third-order valence-electron chi connectivity index (χ3n) is 2.05. The van der Waals surface area contributed by atoms with Crippen molar-refractivity contribution in [2.75, 3.05) is 14.2 Å². The SMILES string of the molecule is COC(=O)c1c(C#N)ccc(OC)c1[N+](=O)[O-]. The molecule has 0 aliphatic rings. The molecule has 0 bridgehead atoms. The zero-order valence-corrected chi connectivity index (χ0v) is 9.09. The first-order chi connectivity index (χ1) is 8.06. The molecular weight excluding hydrogens is 228 g/mol. The maximum absolute atomic E-state index is 11.5. The van der Waals surface area contributed by atoms with Gasteiger partial charge in [0.05, 0.1) is 24.7 Å². The van der Waals surface area contributed by atoms with E-state index >= 15 is 0 Å². The predicted octanol–water partition coefficient (Wildman–Crippen LogP) is 1.26. The third kappa shape index (κ3) is 2.15. The van der Waals surface area contributed by atoms with Gasteiger partial charge in [-0.05, 0) is 12.1 Å². The molecule has 0 aromatic heterocycles. The van der Waals surface area contributed by atoms with E-state index < -0.39 is 22.1 Å². The molecular formula is C10H8N2O5. The standard InChI is InChI=1S/C10H8N2O5/c1-16-7-4-3-6(5-11)8(10(13)17-2)9(7)12(14)15/h3-4H,1-2H3. The number of carbonyl (C=O) groups excluding carboxylic acids is 1. The summed E-state index contributed by atoms with van der Waals surface area (Å²) in [5.41, 5.74) is -1.11. The van der Waals surface area contributed by atoms with Crippen molar-refractivity contribution in [1.29, 1.82) is 5.26 Å². The number of nitriles is 1. The van der Waals surface area contributed by atoms with E-state index in [1.165, 1.54) is 19.2 Å². The molecule has 0 atom stereocenters. The molecule has 1 rings (SSSR count). The number of methoxy groups -OCH3 is 2. The Balaban J connectivity index is 3.65. The van der Waals surface area contributed by atoms with Crippen LogP contribution in [0.3, 0.4) is 0 Å². The van der Waals surface area contributed by atoms with E-state index in [0.29, 0.717) is 0 Å². The van der Waals surface area contributed by atoms with Crippen LogP contribution in [0.25, 0.3) is 0 Å². The second-order valence-electron chi connectivity index (χ2n) is 2.90. The number of nitrogens with zero attached hydrogens (tertiary/aromatic N) is 2. The highest BCUT2D eigenvalue weighted by Gasteiger charge is 2.29. The number of rotatable bonds is 3. The summed E-state index contributed by atoms with van der Waals surface area (Å²) in [5.74, 6) is -1.05. The molecule has 17 heavy (non-hydrogen) atoms. The molecule has 0 unspecified atom stereocenters. The van der Waals surface area contributed by atoms with E-state index in [9.17, 15) is 14.9 Å². The topological polar surface area (TPSA) is 102 Å². The van der Waals surface area contributed by atoms with Crippen LogP contribution in [-0.4, -0.2) is 25.1 Å². The molecule has 88 valence electrons. The quantitative estimate of drug-likeness (QED) is 0.444. The average molecular weight is 236 g/mol. The molecule has 0 fully saturated rings. The van der Waals surface area contributed by atoms with Crippen molar-refractivity contribution in [3.8, 4) is 11.8 Å². The summed E-state index contributed by atoms with van der Waals surface area (Å²) >= 11 is 0. The lowest BCUT2D eigenvalue weighted by atomic mass is 10.1. The summed E-state index contributed by atoms with van der Waals surface area (Å²) in [6.07, 6.45) is 0. The van der Waals surface area contributed by atoms with Crippen LogP contribution in [0.1, 0.15) is 15.9 Å². The average Bonchev–Trinajstić information content (AvgIpc) is 2.35. The number of esters is 1. The Bertz CT molecular complexity index is 518. The van der Waals surface area contributed by atoms with Crippen LogP contribution in [0.4, 0.5) is 5.69 Å². The number of carbonyl (C=O) groups is 1. The van der Waals surface area contributed by atoms with E-state index in [2.05, 4.69) is 4.74 Å². The second kappa shape index (κ2) is 4.94. The summed E-state index contributed by atoms with van der Waals surface area (Å²) in [7, 11) is 2.31. The maximum atomic E-state index is 11.5. The summed E-state index contributed by atoms with van der Waals surface area (Å²) < 4.78 is 9.20. The van der Waals surface area contributed by atoms with Gasteiger partial charge in [-0.1, -0.05) is 0 Å². The largest absolute Gasteiger partial charge is 0.490 e. The van der Waals surface area contributed by atoms with Gasteiger partial charge in [-0.3, -0.25) is 10.1 Å². The molecule has 0 heterocycles. The Morgan fingerprint density at radius 2 is 2.12 bits per heavy atom. The van der Waals surface area contributed by atoms with Crippen LogP contribution < -0.4 is 4.74 Å². The summed E-state index contributed by atoms with van der Waals surface area (Å²) in [5, 5.41) is 19.7. The Hall–Kier alpha value is -2.62. The van der Waals surface area contributed by atoms with Crippen molar-refractivity contribution in [3.63, 3.8) is 0 Å². The molecule has 1 aromatic carbocycles. The van der Waals surface area contributed by atoms with Gasteiger partial charge in [0, 0.05) is 0 Å². The first-order valence-electron chi connectivity index (χ1n) is 4.40. The first kappa shape index (κ1) is 12.4. The monoisotopic (exact) mass is 236 g/mol. The lowest BCUT2D eigenvalue weighted by Gasteiger charge is -2.06. The van der Waals surface area contributed by atoms with Crippen LogP contribution >= 0.6 is 0 Å². The number of hydrogen-bond acceptors (Lipinski definition) is 6. The van der Waals surface area contributed by atoms with Gasteiger partial charge >= 0.3 is 11.7 Å². The molecule has 0 spiro atoms. The fraction of sp³-hybridized carbons (Fsp3) is 0.200. The van der Waals surface area contributed by atoms with Gasteiger partial charge in [-0.2, -0.15) is 5.26 Å². The van der Waals surface area contributed by atoms with E-state index in [1.807, 2.05) is 0 Å². The fourth-order valence-electron chi connectivity index (χ4n) is 1.32. The van der Waals surface area contributed by atoms with E-state index in [1.54, 1.807) is 6.07 Å². The van der Waals surface area contributed by atoms with Gasteiger partial charge in [-0.15, -0.1) is 0 Å². The van der Waals surface area contributed by atoms with Crippen LogP contribution in [0.2, 0.25) is 0 Å². The Morgan fingerprint density at radius 3 is 2.53 bits per heavy atom. The lowest BCUT2D eigenvalue weighted by Crippen LogP contribution is -2.09. The Morgan fingerprint density at radius 1 is 1.47 bits per heavy atom. The van der Waals surface area contributed by atoms with Crippen molar-refractivity contribution in [3.05, 3.63) is 33.4 Å². The highest BCUT2D eigenvalue weighted by molar-refractivity contribution is 5.97. The van der Waals surface area contributed by atoms with E-state index in [0.717, 1.165) is 7.11 Å². The molecule has 0 N–H and O–H groups in total. The van der Waals surface area contributed by atoms with Gasteiger partial charge < -0.3 is 9.47 Å². The lowest BCUT2D eigenvalue weighted by molar-refractivity contribution is -0.386. The van der Waals surface area contributed by atoms with Crippen LogP contribution in [0.5, 0.6) is 5.75 Å². The third-order valence-corrected chi connectivity index (χ3v) is 2.05. The van der Waals surface area contributed by atoms with E-state index in [4.69, 9.17) is 10.00 Å². The van der Waals surface area contributed by atoms with Crippen molar-refractivity contribution in [2.24, 2.45) is 0 Å². The van der Waals surface area contributed by atoms with Gasteiger partial charge in [0.15, 0.2) is 11.3 Å². The molecule has 0 saturated heterocycles. The molecule has 0 radical (unpaired) electrons. The molecule has 1 aromatic rings. The summed E-state index contributed by atoms with van der Waals surface area (Å²) in [4.78, 5) is 21.6. The van der Waals surface area contributed by atoms with Crippen molar-refractivity contribution in [1.82, 2.24) is 0 Å². The minimum Gasteiger partial charge on any atom is -0.490 e. The highest BCUT2D eigenvalue weighted by atomic mass is 16.6. The smallest absolute Gasteiger partial charge is 0.346 e. The number of benzene rings is 1. The maximum Gasteiger partial charge on any atom is 0.346 e. The Labute approximate surface area is 96.3 Å². The summed E-state index contributed by atoms with van der Waals surface area (Å²) in [6, 6.07) is 4.21. The van der Waals surface area contributed by atoms with Crippen molar-refractivity contribution >= 4 is 11.7 Å². The molecule has 0 amide bonds. The van der Waals surface area contributed by atoms with Crippen LogP contribution in [-0.2, 0) is 4.74 Å². The molecule has 7 nitrogen and oxygen atoms in total. The molecule has 7 heteroatoms. The highest BCUT2D eigenvalue weighted by Crippen LogP contribution is 2.33. The first-order valence-corrected chi connectivity index (χ1v) is 4.40. The van der Waals surface area contributed by atoms with Crippen molar-refractivity contribution in [2.45, 2.75) is 0 Å². The van der Waals surface area contributed by atoms with Gasteiger partial charge in [-0.25, -0.2) is 4.79 Å². The number of nitro groups is 1. The van der Waals surface area contributed by atoms with Gasteiger partial charge in [0.1, 0.15) is 6.07 Å². The Kier molecular flexibility index (Phi) is 3.62. The minimum absolute atomic E-state index is 0.102. The van der Waals surface area contributed by atoms with Crippen LogP contribution in [0, 0.1) is 21.4 Å². The normalized spacial score (nSPS) is 9.24. The molecule has 0 saturated carbocycles. The fourth-order valence-corrected chi connectivity index (χ4v) is 1.32. The minimum atomic E-state index is -0.952.